The van der Waals surface area contributed by atoms with E-state index in [4.69, 9.17) is 0 Å². The summed E-state index contributed by atoms with van der Waals surface area (Å²) < 4.78 is 0. The lowest BCUT2D eigenvalue weighted by molar-refractivity contribution is 0.571. The van der Waals surface area contributed by atoms with Crippen molar-refractivity contribution in [1.82, 2.24) is 10.6 Å². The van der Waals surface area contributed by atoms with Crippen LogP contribution in [0.1, 0.15) is 71.1 Å². The fourth-order valence-electron chi connectivity index (χ4n) is 2.27. The summed E-state index contributed by atoms with van der Waals surface area (Å²) in [4.78, 5) is 4.49. The maximum absolute atomic E-state index is 4.49. The molecule has 0 atom stereocenters. The first-order valence-corrected chi connectivity index (χ1v) is 7.95. The zero-order chi connectivity index (χ0) is 12.9. The van der Waals surface area contributed by atoms with E-state index < -0.39 is 0 Å². The summed E-state index contributed by atoms with van der Waals surface area (Å²) in [6.07, 6.45) is 13.5. The molecule has 0 saturated heterocycles. The minimum Gasteiger partial charge on any atom is -0.356 e. The quantitative estimate of drug-likeness (QED) is 0.617. The molecule has 1 aliphatic heterocycles. The van der Waals surface area contributed by atoms with Gasteiger partial charge >= 0.3 is 0 Å². The highest BCUT2D eigenvalue weighted by Gasteiger charge is 2.01. The highest BCUT2D eigenvalue weighted by atomic mass is 15.2. The first kappa shape index (κ1) is 15.3. The van der Waals surface area contributed by atoms with Crippen molar-refractivity contribution in [3.05, 3.63) is 0 Å². The molecule has 1 aliphatic rings. The van der Waals surface area contributed by atoms with Crippen molar-refractivity contribution in [1.29, 1.82) is 0 Å². The van der Waals surface area contributed by atoms with Gasteiger partial charge in [0.15, 0.2) is 5.96 Å². The summed E-state index contributed by atoms with van der Waals surface area (Å²) in [5.74, 6) is 1.02. The average Bonchev–Trinajstić information content (AvgIpc) is 2.65. The van der Waals surface area contributed by atoms with E-state index in [-0.39, 0.29) is 0 Å². The molecule has 18 heavy (non-hydrogen) atoms. The smallest absolute Gasteiger partial charge is 0.191 e. The Morgan fingerprint density at radius 2 is 1.72 bits per heavy atom. The van der Waals surface area contributed by atoms with Crippen LogP contribution in [0.3, 0.4) is 0 Å². The Hall–Kier alpha value is -0.730. The second kappa shape index (κ2) is 11.4. The standard InChI is InChI=1S/C15H31N3/c1-2-3-4-5-6-7-8-9-12-16-15-17-13-10-11-14-18-15/h2-14H2,1H3,(H2,16,17,18). The lowest BCUT2D eigenvalue weighted by Crippen LogP contribution is -2.37. The predicted octanol–water partition coefficient (Wildman–Crippen LogP) is 3.46. The molecule has 0 saturated carbocycles. The first-order valence-electron chi connectivity index (χ1n) is 7.95. The molecular weight excluding hydrogens is 222 g/mol. The molecule has 0 aromatic rings. The zero-order valence-corrected chi connectivity index (χ0v) is 12.1. The largest absolute Gasteiger partial charge is 0.356 e. The second-order valence-corrected chi connectivity index (χ2v) is 5.27. The van der Waals surface area contributed by atoms with E-state index in [1.54, 1.807) is 0 Å². The van der Waals surface area contributed by atoms with Crippen LogP contribution in [0.15, 0.2) is 4.99 Å². The lowest BCUT2D eigenvalue weighted by atomic mass is 10.1. The number of hydrogen-bond donors (Lipinski definition) is 2. The monoisotopic (exact) mass is 253 g/mol. The van der Waals surface area contributed by atoms with Gasteiger partial charge in [-0.1, -0.05) is 51.9 Å². The van der Waals surface area contributed by atoms with Gasteiger partial charge in [0.1, 0.15) is 0 Å². The Morgan fingerprint density at radius 1 is 1.00 bits per heavy atom. The van der Waals surface area contributed by atoms with Gasteiger partial charge in [0.25, 0.3) is 0 Å². The molecule has 2 N–H and O–H groups in total. The summed E-state index contributed by atoms with van der Waals surface area (Å²) in [5, 5.41) is 6.76. The lowest BCUT2D eigenvalue weighted by Gasteiger charge is -2.09. The van der Waals surface area contributed by atoms with Crippen molar-refractivity contribution in [2.45, 2.75) is 71.1 Å². The second-order valence-electron chi connectivity index (χ2n) is 5.27. The van der Waals surface area contributed by atoms with E-state index in [9.17, 15) is 0 Å². The van der Waals surface area contributed by atoms with E-state index in [1.165, 1.54) is 64.2 Å². The molecule has 0 aromatic heterocycles. The third-order valence-corrected chi connectivity index (χ3v) is 3.47. The van der Waals surface area contributed by atoms with Gasteiger partial charge in [-0.15, -0.1) is 0 Å². The van der Waals surface area contributed by atoms with Crippen LogP contribution >= 0.6 is 0 Å². The highest BCUT2D eigenvalue weighted by Crippen LogP contribution is 2.07. The van der Waals surface area contributed by atoms with Crippen molar-refractivity contribution in [3.63, 3.8) is 0 Å². The molecular formula is C15H31N3. The van der Waals surface area contributed by atoms with E-state index >= 15 is 0 Å². The van der Waals surface area contributed by atoms with E-state index in [2.05, 4.69) is 22.5 Å². The van der Waals surface area contributed by atoms with E-state index in [1.807, 2.05) is 0 Å². The molecule has 0 unspecified atom stereocenters. The van der Waals surface area contributed by atoms with Gasteiger partial charge in [0, 0.05) is 19.6 Å². The van der Waals surface area contributed by atoms with Gasteiger partial charge in [0.2, 0.25) is 0 Å². The number of aliphatic imine (C=N–C) groups is 1. The van der Waals surface area contributed by atoms with E-state index in [0.29, 0.717) is 0 Å². The van der Waals surface area contributed by atoms with Crippen LogP contribution in [0.5, 0.6) is 0 Å². The van der Waals surface area contributed by atoms with Gasteiger partial charge in [-0.25, -0.2) is 0 Å². The molecule has 3 heteroatoms. The first-order chi connectivity index (χ1) is 8.93. The van der Waals surface area contributed by atoms with Crippen LogP contribution in [0, 0.1) is 0 Å². The minimum atomic E-state index is 0.979. The molecule has 0 amide bonds. The summed E-state index contributed by atoms with van der Waals surface area (Å²) in [7, 11) is 0. The molecule has 106 valence electrons. The fourth-order valence-corrected chi connectivity index (χ4v) is 2.27. The molecule has 0 spiro atoms. The molecule has 0 radical (unpaired) electrons. The SMILES string of the molecule is CCCCCCCCCCNC1=NCCCCN1. The third kappa shape index (κ3) is 8.37. The minimum absolute atomic E-state index is 0.979. The van der Waals surface area contributed by atoms with Crippen LogP contribution in [0.4, 0.5) is 0 Å². The van der Waals surface area contributed by atoms with Crippen LogP contribution in [-0.2, 0) is 0 Å². The number of nitrogens with one attached hydrogen (secondary N) is 2. The summed E-state index contributed by atoms with van der Waals surface area (Å²) >= 11 is 0. The number of hydrogen-bond acceptors (Lipinski definition) is 3. The topological polar surface area (TPSA) is 36.4 Å². The summed E-state index contributed by atoms with van der Waals surface area (Å²) in [5.41, 5.74) is 0. The van der Waals surface area contributed by atoms with Gasteiger partial charge in [0.05, 0.1) is 0 Å². The molecule has 1 rings (SSSR count). The molecule has 0 fully saturated rings. The zero-order valence-electron chi connectivity index (χ0n) is 12.1. The molecule has 3 nitrogen and oxygen atoms in total. The van der Waals surface area contributed by atoms with Crippen molar-refractivity contribution in [2.24, 2.45) is 4.99 Å². The summed E-state index contributed by atoms with van der Waals surface area (Å²) in [6, 6.07) is 0. The van der Waals surface area contributed by atoms with Crippen molar-refractivity contribution in [2.75, 3.05) is 19.6 Å². The average molecular weight is 253 g/mol. The van der Waals surface area contributed by atoms with Gasteiger partial charge < -0.3 is 10.6 Å². The van der Waals surface area contributed by atoms with Gasteiger partial charge in [-0.3, -0.25) is 4.99 Å². The Balaban J connectivity index is 1.84. The van der Waals surface area contributed by atoms with Crippen LogP contribution in [0.25, 0.3) is 0 Å². The normalized spacial score (nSPS) is 15.7. The van der Waals surface area contributed by atoms with E-state index in [0.717, 1.165) is 25.6 Å². The van der Waals surface area contributed by atoms with Crippen LogP contribution in [-0.4, -0.2) is 25.6 Å². The Morgan fingerprint density at radius 3 is 2.50 bits per heavy atom. The summed E-state index contributed by atoms with van der Waals surface area (Å²) in [6.45, 7) is 5.40. The third-order valence-electron chi connectivity index (χ3n) is 3.47. The van der Waals surface area contributed by atoms with Crippen molar-refractivity contribution in [3.8, 4) is 0 Å². The molecule has 0 aromatic carbocycles. The molecule has 0 bridgehead atoms. The Bertz CT molecular complexity index is 214. The Kier molecular flexibility index (Phi) is 9.68. The number of unbranched alkanes of at least 4 members (excludes halogenated alkanes) is 7. The number of rotatable bonds is 9. The Labute approximate surface area is 113 Å². The van der Waals surface area contributed by atoms with Gasteiger partial charge in [-0.2, -0.15) is 0 Å². The van der Waals surface area contributed by atoms with Gasteiger partial charge in [-0.05, 0) is 19.3 Å². The van der Waals surface area contributed by atoms with Crippen molar-refractivity contribution >= 4 is 5.96 Å². The maximum Gasteiger partial charge on any atom is 0.191 e. The molecule has 0 aliphatic carbocycles. The maximum atomic E-state index is 4.49. The van der Waals surface area contributed by atoms with Crippen molar-refractivity contribution < 1.29 is 0 Å². The number of nitrogens with zero attached hydrogens (tertiary/aromatic N) is 1. The predicted molar refractivity (Wildman–Crippen MR) is 80.2 cm³/mol. The molecule has 1 heterocycles. The highest BCUT2D eigenvalue weighted by molar-refractivity contribution is 5.79. The van der Waals surface area contributed by atoms with Crippen LogP contribution in [0.2, 0.25) is 0 Å². The fraction of sp³-hybridized carbons (Fsp3) is 0.933. The van der Waals surface area contributed by atoms with Crippen LogP contribution < -0.4 is 10.6 Å². The number of guanidine groups is 1.